The molecule has 0 saturated heterocycles. The highest BCUT2D eigenvalue weighted by atomic mass is 16.5. The van der Waals surface area contributed by atoms with Crippen LogP contribution in [-0.2, 0) is 19.1 Å². The fraction of sp³-hybridized carbons (Fsp3) is 0.857. The monoisotopic (exact) mass is 271 g/mol. The van der Waals surface area contributed by atoms with Gasteiger partial charge < -0.3 is 14.8 Å². The van der Waals surface area contributed by atoms with Crippen LogP contribution >= 0.6 is 0 Å². The Balaban J connectivity index is 2.13. The van der Waals surface area contributed by atoms with Gasteiger partial charge in [0.25, 0.3) is 0 Å². The third-order valence-corrected chi connectivity index (χ3v) is 3.34. The SMILES string of the molecule is COC(=O)C1CCC(OCCC(=O)NC(C)C)CC1. The summed E-state index contributed by atoms with van der Waals surface area (Å²) in [5, 5.41) is 2.83. The molecule has 19 heavy (non-hydrogen) atoms. The van der Waals surface area contributed by atoms with Crippen LogP contribution in [0.4, 0.5) is 0 Å². The van der Waals surface area contributed by atoms with Gasteiger partial charge in [-0.15, -0.1) is 0 Å². The van der Waals surface area contributed by atoms with Crippen molar-refractivity contribution in [2.45, 2.75) is 58.1 Å². The number of carbonyl (C=O) groups excluding carboxylic acids is 2. The third-order valence-electron chi connectivity index (χ3n) is 3.34. The van der Waals surface area contributed by atoms with Gasteiger partial charge >= 0.3 is 5.97 Å². The van der Waals surface area contributed by atoms with Crippen molar-refractivity contribution in [3.05, 3.63) is 0 Å². The molecule has 0 aromatic heterocycles. The summed E-state index contributed by atoms with van der Waals surface area (Å²) >= 11 is 0. The number of nitrogens with one attached hydrogen (secondary N) is 1. The average Bonchev–Trinajstić information content (AvgIpc) is 2.37. The maximum Gasteiger partial charge on any atom is 0.308 e. The van der Waals surface area contributed by atoms with Gasteiger partial charge in [0.15, 0.2) is 0 Å². The van der Waals surface area contributed by atoms with Crippen LogP contribution in [0.5, 0.6) is 0 Å². The van der Waals surface area contributed by atoms with Crippen LogP contribution in [0.15, 0.2) is 0 Å². The molecule has 0 aromatic rings. The van der Waals surface area contributed by atoms with Crippen molar-refractivity contribution in [3.63, 3.8) is 0 Å². The van der Waals surface area contributed by atoms with Crippen molar-refractivity contribution in [2.24, 2.45) is 5.92 Å². The first-order valence-corrected chi connectivity index (χ1v) is 7.01. The Morgan fingerprint density at radius 1 is 1.21 bits per heavy atom. The molecular formula is C14H25NO4. The molecule has 0 radical (unpaired) electrons. The smallest absolute Gasteiger partial charge is 0.308 e. The lowest BCUT2D eigenvalue weighted by Crippen LogP contribution is -2.32. The Bertz CT molecular complexity index is 296. The molecule has 0 aliphatic heterocycles. The van der Waals surface area contributed by atoms with Gasteiger partial charge in [0.2, 0.25) is 5.91 Å². The van der Waals surface area contributed by atoms with Gasteiger partial charge in [0, 0.05) is 12.5 Å². The zero-order valence-electron chi connectivity index (χ0n) is 12.1. The van der Waals surface area contributed by atoms with Crippen LogP contribution in [0.25, 0.3) is 0 Å². The first kappa shape index (κ1) is 16.0. The summed E-state index contributed by atoms with van der Waals surface area (Å²) in [5.41, 5.74) is 0. The predicted molar refractivity (Wildman–Crippen MR) is 71.6 cm³/mol. The van der Waals surface area contributed by atoms with E-state index in [9.17, 15) is 9.59 Å². The minimum atomic E-state index is -0.116. The molecule has 1 fully saturated rings. The molecule has 0 aromatic carbocycles. The van der Waals surface area contributed by atoms with Gasteiger partial charge in [0.05, 0.1) is 25.7 Å². The molecular weight excluding hydrogens is 246 g/mol. The van der Waals surface area contributed by atoms with Crippen molar-refractivity contribution in [1.29, 1.82) is 0 Å². The zero-order valence-corrected chi connectivity index (χ0v) is 12.1. The lowest BCUT2D eigenvalue weighted by Gasteiger charge is -2.26. The number of hydrogen-bond acceptors (Lipinski definition) is 4. The van der Waals surface area contributed by atoms with E-state index < -0.39 is 0 Å². The zero-order chi connectivity index (χ0) is 14.3. The quantitative estimate of drug-likeness (QED) is 0.746. The molecule has 5 nitrogen and oxygen atoms in total. The summed E-state index contributed by atoms with van der Waals surface area (Å²) in [5.74, 6) is -0.0675. The van der Waals surface area contributed by atoms with E-state index in [2.05, 4.69) is 5.32 Å². The Hall–Kier alpha value is -1.10. The van der Waals surface area contributed by atoms with Crippen molar-refractivity contribution < 1.29 is 19.1 Å². The summed E-state index contributed by atoms with van der Waals surface area (Å²) in [6.07, 6.45) is 3.94. The van der Waals surface area contributed by atoms with E-state index in [1.54, 1.807) is 0 Å². The van der Waals surface area contributed by atoms with Gasteiger partial charge in [-0.2, -0.15) is 0 Å². The van der Waals surface area contributed by atoms with Crippen LogP contribution < -0.4 is 5.32 Å². The van der Waals surface area contributed by atoms with E-state index in [0.717, 1.165) is 25.7 Å². The molecule has 1 aliphatic rings. The summed E-state index contributed by atoms with van der Waals surface area (Å²) < 4.78 is 10.4. The lowest BCUT2D eigenvalue weighted by molar-refractivity contribution is -0.147. The Morgan fingerprint density at radius 3 is 2.37 bits per heavy atom. The van der Waals surface area contributed by atoms with E-state index in [4.69, 9.17) is 9.47 Å². The van der Waals surface area contributed by atoms with E-state index in [-0.39, 0.29) is 29.9 Å². The highest BCUT2D eigenvalue weighted by Crippen LogP contribution is 2.27. The standard InChI is InChI=1S/C14H25NO4/c1-10(2)15-13(16)8-9-19-12-6-4-11(5-7-12)14(17)18-3/h10-12H,4-9H2,1-3H3,(H,15,16). The number of ether oxygens (including phenoxy) is 2. The molecule has 110 valence electrons. The Labute approximate surface area is 115 Å². The van der Waals surface area contributed by atoms with Gasteiger partial charge in [0.1, 0.15) is 0 Å². The van der Waals surface area contributed by atoms with E-state index >= 15 is 0 Å². The number of methoxy groups -OCH3 is 1. The van der Waals surface area contributed by atoms with Crippen LogP contribution in [0.1, 0.15) is 46.0 Å². The molecule has 0 spiro atoms. The number of rotatable bonds is 6. The van der Waals surface area contributed by atoms with E-state index in [1.807, 2.05) is 13.8 Å². The Morgan fingerprint density at radius 2 is 1.84 bits per heavy atom. The molecule has 0 unspecified atom stereocenters. The van der Waals surface area contributed by atoms with Crippen molar-refractivity contribution in [3.8, 4) is 0 Å². The largest absolute Gasteiger partial charge is 0.469 e. The van der Waals surface area contributed by atoms with Crippen LogP contribution in [0.2, 0.25) is 0 Å². The van der Waals surface area contributed by atoms with Gasteiger partial charge in [-0.25, -0.2) is 0 Å². The third kappa shape index (κ3) is 6.05. The molecule has 0 atom stereocenters. The summed E-state index contributed by atoms with van der Waals surface area (Å²) in [6.45, 7) is 4.33. The van der Waals surface area contributed by atoms with Crippen LogP contribution in [0, 0.1) is 5.92 Å². The minimum absolute atomic E-state index is 0.0223. The number of hydrogen-bond donors (Lipinski definition) is 1. The van der Waals surface area contributed by atoms with Gasteiger partial charge in [-0.3, -0.25) is 9.59 Å². The normalized spacial score (nSPS) is 23.2. The maximum absolute atomic E-state index is 11.4. The molecule has 0 bridgehead atoms. The maximum atomic E-state index is 11.4. The Kier molecular flexibility index (Phi) is 6.84. The molecule has 0 heterocycles. The highest BCUT2D eigenvalue weighted by molar-refractivity contribution is 5.76. The molecule has 1 amide bonds. The summed E-state index contributed by atoms with van der Waals surface area (Å²) in [7, 11) is 1.43. The molecule has 5 heteroatoms. The van der Waals surface area contributed by atoms with Crippen molar-refractivity contribution >= 4 is 11.9 Å². The lowest BCUT2D eigenvalue weighted by atomic mass is 9.87. The van der Waals surface area contributed by atoms with Crippen LogP contribution in [0.3, 0.4) is 0 Å². The second-order valence-electron chi connectivity index (χ2n) is 5.34. The van der Waals surface area contributed by atoms with Crippen LogP contribution in [-0.4, -0.2) is 37.7 Å². The van der Waals surface area contributed by atoms with Crippen molar-refractivity contribution in [1.82, 2.24) is 5.32 Å². The van der Waals surface area contributed by atoms with Gasteiger partial charge in [-0.1, -0.05) is 0 Å². The number of carbonyl (C=O) groups is 2. The minimum Gasteiger partial charge on any atom is -0.469 e. The summed E-state index contributed by atoms with van der Waals surface area (Å²) in [4.78, 5) is 22.8. The van der Waals surface area contributed by atoms with E-state index in [0.29, 0.717) is 13.0 Å². The fourth-order valence-electron chi connectivity index (χ4n) is 2.34. The first-order chi connectivity index (χ1) is 9.02. The molecule has 1 rings (SSSR count). The van der Waals surface area contributed by atoms with E-state index in [1.165, 1.54) is 7.11 Å². The molecule has 1 saturated carbocycles. The predicted octanol–water partition coefficient (Wildman–Crippen LogP) is 1.65. The topological polar surface area (TPSA) is 64.6 Å². The fourth-order valence-corrected chi connectivity index (χ4v) is 2.34. The number of esters is 1. The first-order valence-electron chi connectivity index (χ1n) is 7.01. The second kappa shape index (κ2) is 8.15. The van der Waals surface area contributed by atoms with Gasteiger partial charge in [-0.05, 0) is 39.5 Å². The average molecular weight is 271 g/mol. The number of amides is 1. The molecule has 1 N–H and O–H groups in total. The van der Waals surface area contributed by atoms with Crippen molar-refractivity contribution in [2.75, 3.05) is 13.7 Å². The highest BCUT2D eigenvalue weighted by Gasteiger charge is 2.27. The molecule has 1 aliphatic carbocycles. The second-order valence-corrected chi connectivity index (χ2v) is 5.34. The summed E-state index contributed by atoms with van der Waals surface area (Å²) in [6, 6.07) is 0.169.